The molecule has 3 nitrogen and oxygen atoms in total. The van der Waals surface area contributed by atoms with Crippen molar-refractivity contribution < 1.29 is 13.9 Å². The van der Waals surface area contributed by atoms with Gasteiger partial charge in [0.1, 0.15) is 5.82 Å². The SMILES string of the molecule is COC1CCCC(OC(c2ccc(F)cc2)C(C)N)C1. The largest absolute Gasteiger partial charge is 0.381 e. The molecular weight excluding hydrogens is 257 g/mol. The van der Waals surface area contributed by atoms with Crippen LogP contribution in [0.3, 0.4) is 0 Å². The van der Waals surface area contributed by atoms with E-state index >= 15 is 0 Å². The van der Waals surface area contributed by atoms with Gasteiger partial charge < -0.3 is 15.2 Å². The summed E-state index contributed by atoms with van der Waals surface area (Å²) in [6.45, 7) is 1.92. The topological polar surface area (TPSA) is 44.5 Å². The summed E-state index contributed by atoms with van der Waals surface area (Å²) in [5.41, 5.74) is 6.97. The first-order chi connectivity index (χ1) is 9.60. The molecule has 1 aliphatic rings. The van der Waals surface area contributed by atoms with Crippen molar-refractivity contribution in [3.63, 3.8) is 0 Å². The van der Waals surface area contributed by atoms with Gasteiger partial charge in [0.2, 0.25) is 0 Å². The first kappa shape index (κ1) is 15.4. The molecule has 0 saturated heterocycles. The Kier molecular flexibility index (Phi) is 5.52. The van der Waals surface area contributed by atoms with Gasteiger partial charge in [-0.2, -0.15) is 0 Å². The maximum atomic E-state index is 13.0. The van der Waals surface area contributed by atoms with E-state index in [4.69, 9.17) is 15.2 Å². The van der Waals surface area contributed by atoms with Gasteiger partial charge in [-0.1, -0.05) is 12.1 Å². The number of benzene rings is 1. The number of rotatable bonds is 5. The number of hydrogen-bond acceptors (Lipinski definition) is 3. The molecule has 112 valence electrons. The molecule has 1 fully saturated rings. The second-order valence-corrected chi connectivity index (χ2v) is 5.61. The highest BCUT2D eigenvalue weighted by atomic mass is 19.1. The molecule has 1 aliphatic carbocycles. The highest BCUT2D eigenvalue weighted by Gasteiger charge is 2.27. The lowest BCUT2D eigenvalue weighted by Crippen LogP contribution is -2.34. The quantitative estimate of drug-likeness (QED) is 0.901. The van der Waals surface area contributed by atoms with Crippen molar-refractivity contribution in [1.82, 2.24) is 0 Å². The van der Waals surface area contributed by atoms with Crippen molar-refractivity contribution in [2.75, 3.05) is 7.11 Å². The van der Waals surface area contributed by atoms with Crippen molar-refractivity contribution >= 4 is 0 Å². The van der Waals surface area contributed by atoms with Gasteiger partial charge in [-0.3, -0.25) is 0 Å². The number of methoxy groups -OCH3 is 1. The van der Waals surface area contributed by atoms with E-state index in [-0.39, 0.29) is 30.2 Å². The van der Waals surface area contributed by atoms with Gasteiger partial charge in [0.25, 0.3) is 0 Å². The smallest absolute Gasteiger partial charge is 0.123 e. The summed E-state index contributed by atoms with van der Waals surface area (Å²) in [6.07, 6.45) is 4.38. The number of ether oxygens (including phenoxy) is 2. The first-order valence-corrected chi connectivity index (χ1v) is 7.29. The third-order valence-corrected chi connectivity index (χ3v) is 3.93. The molecule has 2 N–H and O–H groups in total. The van der Waals surface area contributed by atoms with Crippen LogP contribution in [0.4, 0.5) is 4.39 Å². The van der Waals surface area contributed by atoms with Crippen LogP contribution in [0.1, 0.15) is 44.3 Å². The lowest BCUT2D eigenvalue weighted by molar-refractivity contribution is -0.0725. The minimum atomic E-state index is -0.241. The average Bonchev–Trinajstić information content (AvgIpc) is 2.46. The monoisotopic (exact) mass is 281 g/mol. The Labute approximate surface area is 120 Å². The molecular formula is C16H24FNO2. The molecule has 4 heteroatoms. The summed E-state index contributed by atoms with van der Waals surface area (Å²) in [5.74, 6) is -0.241. The van der Waals surface area contributed by atoms with Crippen LogP contribution in [0.15, 0.2) is 24.3 Å². The minimum Gasteiger partial charge on any atom is -0.381 e. The zero-order valence-electron chi connectivity index (χ0n) is 12.2. The van der Waals surface area contributed by atoms with Crippen LogP contribution in [0.25, 0.3) is 0 Å². The van der Waals surface area contributed by atoms with Gasteiger partial charge in [-0.25, -0.2) is 4.39 Å². The molecule has 0 amide bonds. The summed E-state index contributed by atoms with van der Waals surface area (Å²) in [5, 5.41) is 0. The summed E-state index contributed by atoms with van der Waals surface area (Å²) in [4.78, 5) is 0. The molecule has 1 saturated carbocycles. The van der Waals surface area contributed by atoms with E-state index < -0.39 is 0 Å². The fourth-order valence-corrected chi connectivity index (χ4v) is 2.81. The zero-order valence-corrected chi connectivity index (χ0v) is 12.2. The van der Waals surface area contributed by atoms with Crippen LogP contribution in [-0.4, -0.2) is 25.4 Å². The van der Waals surface area contributed by atoms with Crippen LogP contribution >= 0.6 is 0 Å². The molecule has 20 heavy (non-hydrogen) atoms. The molecule has 2 rings (SSSR count). The Morgan fingerprint density at radius 1 is 1.20 bits per heavy atom. The van der Waals surface area contributed by atoms with E-state index in [1.54, 1.807) is 19.2 Å². The van der Waals surface area contributed by atoms with E-state index in [1.165, 1.54) is 12.1 Å². The maximum Gasteiger partial charge on any atom is 0.123 e. The van der Waals surface area contributed by atoms with E-state index in [9.17, 15) is 4.39 Å². The fourth-order valence-electron chi connectivity index (χ4n) is 2.81. The number of hydrogen-bond donors (Lipinski definition) is 1. The molecule has 0 bridgehead atoms. The van der Waals surface area contributed by atoms with E-state index in [0.29, 0.717) is 0 Å². The first-order valence-electron chi connectivity index (χ1n) is 7.29. The second kappa shape index (κ2) is 7.16. The van der Waals surface area contributed by atoms with Gasteiger partial charge in [0.15, 0.2) is 0 Å². The van der Waals surface area contributed by atoms with Crippen molar-refractivity contribution in [2.45, 2.75) is 57.0 Å². The Hall–Kier alpha value is -0.970. The molecule has 0 aromatic heterocycles. The van der Waals surface area contributed by atoms with Gasteiger partial charge in [-0.05, 0) is 50.3 Å². The Balaban J connectivity index is 2.04. The highest BCUT2D eigenvalue weighted by molar-refractivity contribution is 5.20. The zero-order chi connectivity index (χ0) is 14.5. The minimum absolute atomic E-state index is 0.136. The predicted octanol–water partition coefficient (Wildman–Crippen LogP) is 3.19. The Bertz CT molecular complexity index is 407. The maximum absolute atomic E-state index is 13.0. The molecule has 0 aliphatic heterocycles. The van der Waals surface area contributed by atoms with Gasteiger partial charge in [0, 0.05) is 13.2 Å². The lowest BCUT2D eigenvalue weighted by Gasteiger charge is -2.33. The summed E-state index contributed by atoms with van der Waals surface area (Å²) in [6, 6.07) is 6.27. The molecule has 4 atom stereocenters. The standard InChI is InChI=1S/C16H24FNO2/c1-11(18)16(12-6-8-13(17)9-7-12)20-15-5-3-4-14(10-15)19-2/h6-9,11,14-16H,3-5,10,18H2,1-2H3. The van der Waals surface area contributed by atoms with Crippen molar-refractivity contribution in [1.29, 1.82) is 0 Å². The fraction of sp³-hybridized carbons (Fsp3) is 0.625. The Morgan fingerprint density at radius 3 is 2.45 bits per heavy atom. The van der Waals surface area contributed by atoms with E-state index in [1.807, 2.05) is 6.92 Å². The lowest BCUT2D eigenvalue weighted by atomic mass is 9.94. The third kappa shape index (κ3) is 4.01. The summed E-state index contributed by atoms with van der Waals surface area (Å²) in [7, 11) is 1.75. The third-order valence-electron chi connectivity index (χ3n) is 3.93. The molecule has 1 aromatic rings. The second-order valence-electron chi connectivity index (χ2n) is 5.61. The Morgan fingerprint density at radius 2 is 1.85 bits per heavy atom. The summed E-state index contributed by atoms with van der Waals surface area (Å²) < 4.78 is 24.6. The van der Waals surface area contributed by atoms with Crippen molar-refractivity contribution in [3.05, 3.63) is 35.6 Å². The van der Waals surface area contributed by atoms with E-state index in [2.05, 4.69) is 0 Å². The van der Waals surface area contributed by atoms with Gasteiger partial charge >= 0.3 is 0 Å². The highest BCUT2D eigenvalue weighted by Crippen LogP contribution is 2.29. The number of nitrogens with two attached hydrogens (primary N) is 1. The van der Waals surface area contributed by atoms with Crippen LogP contribution < -0.4 is 5.73 Å². The molecule has 0 heterocycles. The van der Waals surface area contributed by atoms with Crippen LogP contribution in [0.5, 0.6) is 0 Å². The summed E-state index contributed by atoms with van der Waals surface area (Å²) >= 11 is 0. The van der Waals surface area contributed by atoms with E-state index in [0.717, 1.165) is 31.2 Å². The molecule has 0 spiro atoms. The van der Waals surface area contributed by atoms with Gasteiger partial charge in [-0.15, -0.1) is 0 Å². The van der Waals surface area contributed by atoms with Crippen LogP contribution in [-0.2, 0) is 9.47 Å². The van der Waals surface area contributed by atoms with Crippen LogP contribution in [0, 0.1) is 5.82 Å². The average molecular weight is 281 g/mol. The van der Waals surface area contributed by atoms with Crippen molar-refractivity contribution in [3.8, 4) is 0 Å². The molecule has 1 aromatic carbocycles. The van der Waals surface area contributed by atoms with Crippen LogP contribution in [0.2, 0.25) is 0 Å². The number of halogens is 1. The molecule has 4 unspecified atom stereocenters. The van der Waals surface area contributed by atoms with Crippen molar-refractivity contribution in [2.24, 2.45) is 5.73 Å². The predicted molar refractivity (Wildman–Crippen MR) is 76.9 cm³/mol. The normalized spacial score (nSPS) is 26.2. The molecule has 0 radical (unpaired) electrons. The van der Waals surface area contributed by atoms with Gasteiger partial charge in [0.05, 0.1) is 18.3 Å².